The molecule has 0 aliphatic heterocycles. The number of hydrogen-bond donors (Lipinski definition) is 4. The maximum atomic E-state index is 12.6. The van der Waals surface area contributed by atoms with Gasteiger partial charge in [0.05, 0.1) is 12.3 Å². The van der Waals surface area contributed by atoms with Crippen molar-refractivity contribution in [2.75, 3.05) is 6.54 Å². The Kier molecular flexibility index (Phi) is 10.2. The Morgan fingerprint density at radius 2 is 1.83 bits per heavy atom. The van der Waals surface area contributed by atoms with Crippen LogP contribution in [0.25, 0.3) is 0 Å². The summed E-state index contributed by atoms with van der Waals surface area (Å²) in [6.45, 7) is 3.97. The molecule has 0 aliphatic rings. The fourth-order valence-electron chi connectivity index (χ4n) is 2.65. The molecule has 160 valence electrons. The van der Waals surface area contributed by atoms with E-state index >= 15 is 0 Å². The van der Waals surface area contributed by atoms with E-state index in [1.165, 1.54) is 0 Å². The Morgan fingerprint density at radius 3 is 2.38 bits per heavy atom. The molecule has 29 heavy (non-hydrogen) atoms. The number of hydrogen-bond acceptors (Lipinski definition) is 5. The normalized spacial score (nSPS) is 12.7. The van der Waals surface area contributed by atoms with Crippen molar-refractivity contribution in [1.82, 2.24) is 5.32 Å². The molecule has 0 spiro atoms. The first-order chi connectivity index (χ1) is 13.7. The van der Waals surface area contributed by atoms with Crippen LogP contribution in [-0.4, -0.2) is 41.5 Å². The number of nitrogens with one attached hydrogen (secondary N) is 1. The number of carbonyl (C=O) groups excluding carboxylic acids is 2. The summed E-state index contributed by atoms with van der Waals surface area (Å²) < 4.78 is 5.24. The SMILES string of the molecule is CC(C)[C@H](CC(=O)OCc1ccccc1)C(=O)N[C@@H](CCCN=C(N)N)C(=O)O. The number of nitrogens with two attached hydrogens (primary N) is 2. The van der Waals surface area contributed by atoms with E-state index in [0.29, 0.717) is 6.42 Å². The highest BCUT2D eigenvalue weighted by atomic mass is 16.5. The summed E-state index contributed by atoms with van der Waals surface area (Å²) in [4.78, 5) is 40.0. The number of carboxylic acids is 1. The number of aliphatic imine (C=N–C) groups is 1. The lowest BCUT2D eigenvalue weighted by Gasteiger charge is -2.22. The van der Waals surface area contributed by atoms with Crippen LogP contribution in [0.2, 0.25) is 0 Å². The Labute approximate surface area is 170 Å². The molecule has 0 saturated carbocycles. The second-order valence-electron chi connectivity index (χ2n) is 7.05. The summed E-state index contributed by atoms with van der Waals surface area (Å²) in [5, 5.41) is 11.9. The highest BCUT2D eigenvalue weighted by Crippen LogP contribution is 2.18. The molecule has 0 fully saturated rings. The summed E-state index contributed by atoms with van der Waals surface area (Å²) in [7, 11) is 0. The van der Waals surface area contributed by atoms with E-state index in [1.807, 2.05) is 30.3 Å². The van der Waals surface area contributed by atoms with Gasteiger partial charge in [0.15, 0.2) is 5.96 Å². The Balaban J connectivity index is 2.60. The molecule has 0 aliphatic carbocycles. The molecule has 1 rings (SSSR count). The average molecular weight is 406 g/mol. The van der Waals surface area contributed by atoms with Gasteiger partial charge in [-0.1, -0.05) is 44.2 Å². The maximum Gasteiger partial charge on any atom is 0.326 e. The Hall–Kier alpha value is -3.10. The van der Waals surface area contributed by atoms with Crippen molar-refractivity contribution in [3.05, 3.63) is 35.9 Å². The van der Waals surface area contributed by atoms with Gasteiger partial charge in [0.25, 0.3) is 0 Å². The minimum absolute atomic E-state index is 0.0743. The Morgan fingerprint density at radius 1 is 1.17 bits per heavy atom. The zero-order valence-corrected chi connectivity index (χ0v) is 16.8. The van der Waals surface area contributed by atoms with Crippen LogP contribution >= 0.6 is 0 Å². The van der Waals surface area contributed by atoms with Gasteiger partial charge in [0, 0.05) is 6.54 Å². The van der Waals surface area contributed by atoms with E-state index < -0.39 is 29.8 Å². The van der Waals surface area contributed by atoms with Gasteiger partial charge in [0.1, 0.15) is 12.6 Å². The third-order valence-electron chi connectivity index (χ3n) is 4.33. The van der Waals surface area contributed by atoms with Crippen molar-refractivity contribution < 1.29 is 24.2 Å². The summed E-state index contributed by atoms with van der Waals surface area (Å²) in [5.74, 6) is -3.10. The number of carboxylic acid groups (broad SMARTS) is 1. The molecule has 6 N–H and O–H groups in total. The van der Waals surface area contributed by atoms with Crippen molar-refractivity contribution in [2.24, 2.45) is 28.3 Å². The van der Waals surface area contributed by atoms with E-state index in [1.54, 1.807) is 13.8 Å². The lowest BCUT2D eigenvalue weighted by Crippen LogP contribution is -2.45. The zero-order valence-electron chi connectivity index (χ0n) is 16.8. The van der Waals surface area contributed by atoms with Gasteiger partial charge in [-0.3, -0.25) is 14.6 Å². The second kappa shape index (κ2) is 12.4. The zero-order chi connectivity index (χ0) is 21.8. The summed E-state index contributed by atoms with van der Waals surface area (Å²) in [6, 6.07) is 8.12. The van der Waals surface area contributed by atoms with E-state index in [2.05, 4.69) is 10.3 Å². The molecule has 0 bridgehead atoms. The summed E-state index contributed by atoms with van der Waals surface area (Å²) in [6.07, 6.45) is 0.429. The number of nitrogens with zero attached hydrogens (tertiary/aromatic N) is 1. The molecular formula is C20H30N4O5. The highest BCUT2D eigenvalue weighted by Gasteiger charge is 2.29. The third-order valence-corrected chi connectivity index (χ3v) is 4.33. The summed E-state index contributed by atoms with van der Waals surface area (Å²) in [5.41, 5.74) is 11.3. The number of guanidine groups is 1. The molecule has 1 aromatic rings. The van der Waals surface area contributed by atoms with Gasteiger partial charge in [0.2, 0.25) is 5.91 Å². The predicted molar refractivity (Wildman–Crippen MR) is 109 cm³/mol. The third kappa shape index (κ3) is 9.59. The number of rotatable bonds is 12. The van der Waals surface area contributed by atoms with Gasteiger partial charge < -0.3 is 26.6 Å². The molecule has 0 radical (unpaired) electrons. The predicted octanol–water partition coefficient (Wildman–Crippen LogP) is 1.02. The number of aliphatic carboxylic acids is 1. The summed E-state index contributed by atoms with van der Waals surface area (Å²) >= 11 is 0. The first-order valence-electron chi connectivity index (χ1n) is 9.48. The van der Waals surface area contributed by atoms with Gasteiger partial charge in [-0.05, 0) is 24.3 Å². The Bertz CT molecular complexity index is 702. The smallest absolute Gasteiger partial charge is 0.326 e. The van der Waals surface area contributed by atoms with Crippen LogP contribution in [0.1, 0.15) is 38.7 Å². The molecule has 2 atom stereocenters. The topological polar surface area (TPSA) is 157 Å². The number of esters is 1. The average Bonchev–Trinajstić information content (AvgIpc) is 2.66. The lowest BCUT2D eigenvalue weighted by molar-refractivity contribution is -0.149. The molecule has 0 heterocycles. The number of benzene rings is 1. The molecule has 0 unspecified atom stereocenters. The molecule has 1 amide bonds. The van der Waals surface area contributed by atoms with Crippen molar-refractivity contribution in [3.8, 4) is 0 Å². The van der Waals surface area contributed by atoms with Crippen LogP contribution in [0.5, 0.6) is 0 Å². The van der Waals surface area contributed by atoms with E-state index in [9.17, 15) is 19.5 Å². The minimum atomic E-state index is -1.16. The van der Waals surface area contributed by atoms with Gasteiger partial charge in [-0.25, -0.2) is 4.79 Å². The van der Waals surface area contributed by atoms with Crippen molar-refractivity contribution >= 4 is 23.8 Å². The molecule has 0 aromatic heterocycles. The van der Waals surface area contributed by atoms with Crippen LogP contribution in [0.3, 0.4) is 0 Å². The van der Waals surface area contributed by atoms with Crippen LogP contribution in [0, 0.1) is 11.8 Å². The van der Waals surface area contributed by atoms with Crippen LogP contribution in [0.4, 0.5) is 0 Å². The number of ether oxygens (including phenoxy) is 1. The molecular weight excluding hydrogens is 376 g/mol. The van der Waals surface area contributed by atoms with Gasteiger partial charge in [-0.2, -0.15) is 0 Å². The van der Waals surface area contributed by atoms with Crippen LogP contribution in [-0.2, 0) is 25.7 Å². The monoisotopic (exact) mass is 406 g/mol. The first kappa shape index (κ1) is 23.9. The number of carbonyl (C=O) groups is 3. The maximum absolute atomic E-state index is 12.6. The van der Waals surface area contributed by atoms with Crippen molar-refractivity contribution in [2.45, 2.75) is 45.8 Å². The fraction of sp³-hybridized carbons (Fsp3) is 0.500. The second-order valence-corrected chi connectivity index (χ2v) is 7.05. The largest absolute Gasteiger partial charge is 0.480 e. The van der Waals surface area contributed by atoms with Crippen LogP contribution < -0.4 is 16.8 Å². The standard InChI is InChI=1S/C20H30N4O5/c1-13(2)15(11-17(25)29-12-14-7-4-3-5-8-14)18(26)24-16(19(27)28)9-6-10-23-20(21)22/h3-5,7-8,13,15-16H,6,9-12H2,1-2H3,(H,24,26)(H,27,28)(H4,21,22,23)/t15-,16-/m0/s1. The van der Waals surface area contributed by atoms with Crippen molar-refractivity contribution in [3.63, 3.8) is 0 Å². The molecule has 1 aromatic carbocycles. The highest BCUT2D eigenvalue weighted by molar-refractivity contribution is 5.87. The molecule has 0 saturated heterocycles. The minimum Gasteiger partial charge on any atom is -0.480 e. The van der Waals surface area contributed by atoms with E-state index in [4.69, 9.17) is 16.2 Å². The van der Waals surface area contributed by atoms with Gasteiger partial charge >= 0.3 is 11.9 Å². The number of amides is 1. The first-order valence-corrected chi connectivity index (χ1v) is 9.48. The van der Waals surface area contributed by atoms with E-state index in [-0.39, 0.29) is 37.9 Å². The quantitative estimate of drug-likeness (QED) is 0.175. The van der Waals surface area contributed by atoms with E-state index in [0.717, 1.165) is 5.56 Å². The fourth-order valence-corrected chi connectivity index (χ4v) is 2.65. The molecule has 9 heteroatoms. The molecule has 9 nitrogen and oxygen atoms in total. The lowest BCUT2D eigenvalue weighted by atomic mass is 9.91. The van der Waals surface area contributed by atoms with Gasteiger partial charge in [-0.15, -0.1) is 0 Å². The van der Waals surface area contributed by atoms with Crippen LogP contribution in [0.15, 0.2) is 35.3 Å². The van der Waals surface area contributed by atoms with Crippen molar-refractivity contribution in [1.29, 1.82) is 0 Å².